The van der Waals surface area contributed by atoms with Gasteiger partial charge >= 0.3 is 0 Å². The number of hydrogen-bond donors (Lipinski definition) is 1. The van der Waals surface area contributed by atoms with Crippen molar-refractivity contribution in [2.75, 3.05) is 30.3 Å². The Kier molecular flexibility index (Phi) is 10.1. The highest BCUT2D eigenvalue weighted by atomic mass is 32.2. The summed E-state index contributed by atoms with van der Waals surface area (Å²) in [7, 11) is -3.78. The van der Waals surface area contributed by atoms with Gasteiger partial charge < -0.3 is 15.0 Å². The van der Waals surface area contributed by atoms with E-state index >= 15 is 0 Å². The maximum absolute atomic E-state index is 13.6. The molecule has 35 heavy (non-hydrogen) atoms. The zero-order valence-electron chi connectivity index (χ0n) is 21.4. The number of sulfonamides is 1. The molecule has 0 radical (unpaired) electrons. The van der Waals surface area contributed by atoms with Crippen molar-refractivity contribution in [1.29, 1.82) is 0 Å². The van der Waals surface area contributed by atoms with E-state index in [0.29, 0.717) is 24.6 Å². The second-order valence-electron chi connectivity index (χ2n) is 8.96. The van der Waals surface area contributed by atoms with Crippen molar-refractivity contribution in [2.45, 2.75) is 47.2 Å². The highest BCUT2D eigenvalue weighted by Gasteiger charge is 2.30. The number of benzene rings is 2. The summed E-state index contributed by atoms with van der Waals surface area (Å²) in [5.74, 6) is 0.104. The number of carbonyl (C=O) groups excluding carboxylic acids is 2. The molecule has 0 unspecified atom stereocenters. The maximum Gasteiger partial charge on any atom is 0.244 e. The van der Waals surface area contributed by atoms with Crippen molar-refractivity contribution in [2.24, 2.45) is 5.92 Å². The van der Waals surface area contributed by atoms with Gasteiger partial charge in [-0.3, -0.25) is 13.9 Å². The second-order valence-corrected chi connectivity index (χ2v) is 10.9. The quantitative estimate of drug-likeness (QED) is 0.479. The molecule has 0 spiro atoms. The van der Waals surface area contributed by atoms with Crippen LogP contribution in [0.2, 0.25) is 0 Å². The van der Waals surface area contributed by atoms with Gasteiger partial charge in [-0.25, -0.2) is 8.42 Å². The molecule has 0 fully saturated rings. The van der Waals surface area contributed by atoms with Crippen LogP contribution in [0.5, 0.6) is 5.75 Å². The SMILES string of the molecule is CCOc1ccc(N(CC(=O)N(Cc2ccccc2C)[C@H](C)C(=O)NCC(C)C)S(C)(=O)=O)cc1. The lowest BCUT2D eigenvalue weighted by Crippen LogP contribution is -2.51. The molecule has 1 atom stereocenters. The number of nitrogens with one attached hydrogen (secondary N) is 1. The predicted molar refractivity (Wildman–Crippen MR) is 139 cm³/mol. The first-order valence-electron chi connectivity index (χ1n) is 11.8. The summed E-state index contributed by atoms with van der Waals surface area (Å²) >= 11 is 0. The van der Waals surface area contributed by atoms with Crippen LogP contribution in [-0.2, 0) is 26.2 Å². The van der Waals surface area contributed by atoms with Crippen LogP contribution in [0.25, 0.3) is 0 Å². The van der Waals surface area contributed by atoms with E-state index in [1.807, 2.05) is 52.0 Å². The zero-order valence-corrected chi connectivity index (χ0v) is 22.3. The van der Waals surface area contributed by atoms with Crippen LogP contribution < -0.4 is 14.4 Å². The third-order valence-corrected chi connectivity index (χ3v) is 6.71. The van der Waals surface area contributed by atoms with Crippen molar-refractivity contribution in [1.82, 2.24) is 10.2 Å². The molecule has 2 rings (SSSR count). The molecule has 9 heteroatoms. The Morgan fingerprint density at radius 1 is 1.03 bits per heavy atom. The summed E-state index contributed by atoms with van der Waals surface area (Å²) < 4.78 is 31.8. The number of aryl methyl sites for hydroxylation is 1. The molecular weight excluding hydrogens is 466 g/mol. The fourth-order valence-electron chi connectivity index (χ4n) is 3.50. The van der Waals surface area contributed by atoms with Crippen LogP contribution in [0, 0.1) is 12.8 Å². The molecule has 0 aliphatic heterocycles. The van der Waals surface area contributed by atoms with Crippen LogP contribution >= 0.6 is 0 Å². The minimum atomic E-state index is -3.78. The van der Waals surface area contributed by atoms with Gasteiger partial charge in [-0.05, 0) is 62.1 Å². The van der Waals surface area contributed by atoms with Crippen molar-refractivity contribution >= 4 is 27.5 Å². The second kappa shape index (κ2) is 12.6. The first-order valence-corrected chi connectivity index (χ1v) is 13.6. The Morgan fingerprint density at radius 2 is 1.66 bits per heavy atom. The van der Waals surface area contributed by atoms with Crippen LogP contribution in [0.4, 0.5) is 5.69 Å². The molecule has 0 saturated heterocycles. The lowest BCUT2D eigenvalue weighted by Gasteiger charge is -2.32. The maximum atomic E-state index is 13.6. The first kappa shape index (κ1) is 28.2. The van der Waals surface area contributed by atoms with Gasteiger partial charge in [0.1, 0.15) is 18.3 Å². The van der Waals surface area contributed by atoms with E-state index in [1.165, 1.54) is 4.90 Å². The molecule has 0 aliphatic rings. The molecule has 0 aliphatic carbocycles. The average molecular weight is 504 g/mol. The smallest absolute Gasteiger partial charge is 0.244 e. The van der Waals surface area contributed by atoms with Gasteiger partial charge in [0.15, 0.2) is 0 Å². The Bertz CT molecular complexity index is 1100. The van der Waals surface area contributed by atoms with Crippen LogP contribution in [0.3, 0.4) is 0 Å². The largest absolute Gasteiger partial charge is 0.494 e. The minimum absolute atomic E-state index is 0.183. The normalized spacial score (nSPS) is 12.2. The van der Waals surface area contributed by atoms with E-state index < -0.39 is 28.5 Å². The van der Waals surface area contributed by atoms with Crippen LogP contribution in [0.1, 0.15) is 38.8 Å². The Hall–Kier alpha value is -3.07. The third kappa shape index (κ3) is 8.28. The summed E-state index contributed by atoms with van der Waals surface area (Å²) in [6.45, 7) is 10.2. The third-order valence-electron chi connectivity index (χ3n) is 5.57. The van der Waals surface area contributed by atoms with Crippen molar-refractivity contribution in [3.05, 3.63) is 59.7 Å². The molecule has 192 valence electrons. The topological polar surface area (TPSA) is 96.0 Å². The van der Waals surface area contributed by atoms with E-state index in [2.05, 4.69) is 5.32 Å². The molecule has 8 nitrogen and oxygen atoms in total. The standard InChI is InChI=1S/C26H37N3O5S/c1-7-34-24-14-12-23(13-15-24)29(35(6,32)33)18-25(30)28(17-22-11-9-8-10-20(22)4)21(5)26(31)27-16-19(2)3/h8-15,19,21H,7,16-18H2,1-6H3,(H,27,31)/t21-/m1/s1. The van der Waals surface area contributed by atoms with Gasteiger partial charge in [-0.15, -0.1) is 0 Å². The predicted octanol–water partition coefficient (Wildman–Crippen LogP) is 3.35. The molecule has 0 aromatic heterocycles. The number of ether oxygens (including phenoxy) is 1. The van der Waals surface area contributed by atoms with Crippen molar-refractivity contribution in [3.63, 3.8) is 0 Å². The number of nitrogens with zero attached hydrogens (tertiary/aromatic N) is 2. The molecule has 2 aromatic carbocycles. The molecule has 2 aromatic rings. The lowest BCUT2D eigenvalue weighted by atomic mass is 10.1. The number of rotatable bonds is 12. The van der Waals surface area contributed by atoms with Crippen LogP contribution in [-0.4, -0.2) is 57.1 Å². The van der Waals surface area contributed by atoms with E-state index in [-0.39, 0.29) is 18.4 Å². The van der Waals surface area contributed by atoms with Gasteiger partial charge in [-0.2, -0.15) is 0 Å². The fraction of sp³-hybridized carbons (Fsp3) is 0.462. The number of amides is 2. The highest BCUT2D eigenvalue weighted by molar-refractivity contribution is 7.92. The Labute approximate surface area is 209 Å². The highest BCUT2D eigenvalue weighted by Crippen LogP contribution is 2.23. The summed E-state index contributed by atoms with van der Waals surface area (Å²) in [5, 5.41) is 2.87. The van der Waals surface area contributed by atoms with E-state index in [4.69, 9.17) is 4.74 Å². The summed E-state index contributed by atoms with van der Waals surface area (Å²) in [4.78, 5) is 27.9. The van der Waals surface area contributed by atoms with E-state index in [1.54, 1.807) is 31.2 Å². The van der Waals surface area contributed by atoms with Gasteiger partial charge in [0.25, 0.3) is 0 Å². The van der Waals surface area contributed by atoms with Crippen molar-refractivity contribution in [3.8, 4) is 5.75 Å². The number of hydrogen-bond acceptors (Lipinski definition) is 5. The number of anilines is 1. The van der Waals surface area contributed by atoms with Crippen LogP contribution in [0.15, 0.2) is 48.5 Å². The summed E-state index contributed by atoms with van der Waals surface area (Å²) in [5.41, 5.74) is 2.21. The van der Waals surface area contributed by atoms with Gasteiger partial charge in [-0.1, -0.05) is 38.1 Å². The van der Waals surface area contributed by atoms with E-state index in [9.17, 15) is 18.0 Å². The fourth-order valence-corrected chi connectivity index (χ4v) is 4.34. The average Bonchev–Trinajstić information content (AvgIpc) is 2.80. The molecule has 0 saturated carbocycles. The molecule has 0 heterocycles. The summed E-state index contributed by atoms with van der Waals surface area (Å²) in [6.07, 6.45) is 1.06. The molecule has 1 N–H and O–H groups in total. The Balaban J connectivity index is 2.36. The number of carbonyl (C=O) groups is 2. The van der Waals surface area contributed by atoms with Gasteiger partial charge in [0.2, 0.25) is 21.8 Å². The van der Waals surface area contributed by atoms with E-state index in [0.717, 1.165) is 21.7 Å². The van der Waals surface area contributed by atoms with Gasteiger partial charge in [0.05, 0.1) is 18.6 Å². The van der Waals surface area contributed by atoms with Gasteiger partial charge in [0, 0.05) is 13.1 Å². The molecule has 2 amide bonds. The molecule has 0 bridgehead atoms. The first-order chi connectivity index (χ1) is 16.4. The molecular formula is C26H37N3O5S. The Morgan fingerprint density at radius 3 is 2.20 bits per heavy atom. The monoisotopic (exact) mass is 503 g/mol. The minimum Gasteiger partial charge on any atom is -0.494 e. The zero-order chi connectivity index (χ0) is 26.2. The summed E-state index contributed by atoms with van der Waals surface area (Å²) in [6, 6.07) is 13.3. The lowest BCUT2D eigenvalue weighted by molar-refractivity contribution is -0.139. The van der Waals surface area contributed by atoms with Crippen molar-refractivity contribution < 1.29 is 22.7 Å².